The number of rotatable bonds is 7. The van der Waals surface area contributed by atoms with E-state index in [4.69, 9.17) is 9.47 Å². The van der Waals surface area contributed by atoms with Crippen molar-refractivity contribution in [1.82, 2.24) is 0 Å². The molecule has 0 unspecified atom stereocenters. The van der Waals surface area contributed by atoms with Crippen LogP contribution >= 0.6 is 0 Å². The fourth-order valence-electron chi connectivity index (χ4n) is 2.07. The van der Waals surface area contributed by atoms with Gasteiger partial charge in [0.15, 0.2) is 18.1 Å². The summed E-state index contributed by atoms with van der Waals surface area (Å²) in [4.78, 5) is 23.2. The average molecular weight is 382 g/mol. The lowest BCUT2D eigenvalue weighted by Crippen LogP contribution is -2.30. The van der Waals surface area contributed by atoms with Crippen molar-refractivity contribution < 1.29 is 32.2 Å². The van der Waals surface area contributed by atoms with Gasteiger partial charge in [0, 0.05) is 0 Å². The molecule has 2 aromatic carbocycles. The number of benzene rings is 2. The Morgan fingerprint density at radius 2 is 1.41 bits per heavy atom. The van der Waals surface area contributed by atoms with E-state index in [-0.39, 0.29) is 11.4 Å². The van der Waals surface area contributed by atoms with Gasteiger partial charge in [-0.3, -0.25) is 9.59 Å². The first-order valence-corrected chi connectivity index (χ1v) is 7.93. The van der Waals surface area contributed by atoms with Crippen LogP contribution in [0.25, 0.3) is 0 Å². The molecule has 0 saturated heterocycles. The summed E-state index contributed by atoms with van der Waals surface area (Å²) in [5.41, 5.74) is -0.162. The molecule has 2 aromatic rings. The molecule has 6 nitrogen and oxygen atoms in total. The molecule has 0 aliphatic carbocycles. The molecule has 0 bridgehead atoms. The monoisotopic (exact) mass is 382 g/mol. The second kappa shape index (κ2) is 8.93. The van der Waals surface area contributed by atoms with E-state index in [9.17, 15) is 22.8 Å². The number of carbonyl (C=O) groups is 2. The third-order valence-electron chi connectivity index (χ3n) is 3.21. The highest BCUT2D eigenvalue weighted by molar-refractivity contribution is 6.01. The Kier molecular flexibility index (Phi) is 6.64. The maximum Gasteiger partial charge on any atom is 0.471 e. The summed E-state index contributed by atoms with van der Waals surface area (Å²) in [6, 6.07) is 12.3. The predicted octanol–water partition coefficient (Wildman–Crippen LogP) is 3.60. The van der Waals surface area contributed by atoms with Crippen molar-refractivity contribution in [2.75, 3.05) is 23.8 Å². The van der Waals surface area contributed by atoms with Gasteiger partial charge in [-0.1, -0.05) is 24.3 Å². The number of carbonyl (C=O) groups excluding carboxylic acids is 2. The Labute approximate surface area is 153 Å². The normalized spacial score (nSPS) is 10.8. The van der Waals surface area contributed by atoms with Gasteiger partial charge in [0.25, 0.3) is 5.91 Å². The van der Waals surface area contributed by atoms with Crippen LogP contribution in [0.15, 0.2) is 48.5 Å². The van der Waals surface area contributed by atoms with Gasteiger partial charge in [0.1, 0.15) is 0 Å². The summed E-state index contributed by atoms with van der Waals surface area (Å²) >= 11 is 0. The van der Waals surface area contributed by atoms with E-state index in [1.54, 1.807) is 36.5 Å². The van der Waals surface area contributed by atoms with Gasteiger partial charge in [-0.25, -0.2) is 0 Å². The Hall–Kier alpha value is -3.23. The van der Waals surface area contributed by atoms with Crippen LogP contribution in [-0.2, 0) is 9.59 Å². The maximum atomic E-state index is 12.4. The summed E-state index contributed by atoms with van der Waals surface area (Å²) in [6.45, 7) is 1.82. The molecular weight excluding hydrogens is 365 g/mol. The average Bonchev–Trinajstić information content (AvgIpc) is 2.62. The summed E-state index contributed by atoms with van der Waals surface area (Å²) in [5.74, 6) is -1.93. The number of hydrogen-bond acceptors (Lipinski definition) is 4. The van der Waals surface area contributed by atoms with Gasteiger partial charge >= 0.3 is 12.1 Å². The summed E-state index contributed by atoms with van der Waals surface area (Å²) < 4.78 is 48.0. The minimum absolute atomic E-state index is 0.0155. The van der Waals surface area contributed by atoms with Crippen molar-refractivity contribution in [3.63, 3.8) is 0 Å². The first-order chi connectivity index (χ1) is 12.8. The van der Waals surface area contributed by atoms with Crippen molar-refractivity contribution in [2.24, 2.45) is 0 Å². The number of hydrogen-bond donors (Lipinski definition) is 2. The molecule has 2 rings (SSSR count). The molecule has 0 heterocycles. The molecule has 0 radical (unpaired) electrons. The quantitative estimate of drug-likeness (QED) is 0.767. The van der Waals surface area contributed by atoms with Crippen LogP contribution in [-0.4, -0.2) is 31.2 Å². The van der Waals surface area contributed by atoms with Crippen molar-refractivity contribution in [3.05, 3.63) is 48.5 Å². The lowest BCUT2D eigenvalue weighted by atomic mass is 10.2. The van der Waals surface area contributed by atoms with E-state index in [1.165, 1.54) is 24.3 Å². The molecule has 2 N–H and O–H groups in total. The number of anilines is 2. The zero-order chi connectivity index (χ0) is 19.9. The molecule has 0 fully saturated rings. The second-order valence-electron chi connectivity index (χ2n) is 5.21. The van der Waals surface area contributed by atoms with E-state index in [0.717, 1.165) is 0 Å². The van der Waals surface area contributed by atoms with Crippen LogP contribution in [0.4, 0.5) is 24.5 Å². The van der Waals surface area contributed by atoms with Gasteiger partial charge in [-0.05, 0) is 31.2 Å². The highest BCUT2D eigenvalue weighted by Crippen LogP contribution is 2.27. The number of amides is 2. The number of ether oxygens (including phenoxy) is 2. The van der Waals surface area contributed by atoms with Crippen LogP contribution in [0.5, 0.6) is 11.5 Å². The van der Waals surface area contributed by atoms with Crippen LogP contribution in [0.2, 0.25) is 0 Å². The van der Waals surface area contributed by atoms with Gasteiger partial charge in [-0.2, -0.15) is 13.2 Å². The lowest BCUT2D eigenvalue weighted by Gasteiger charge is -2.14. The van der Waals surface area contributed by atoms with E-state index in [1.807, 2.05) is 0 Å². The number of halogens is 3. The van der Waals surface area contributed by atoms with Crippen LogP contribution in [0, 0.1) is 0 Å². The smallest absolute Gasteiger partial charge is 0.471 e. The molecule has 0 aromatic heterocycles. The maximum absolute atomic E-state index is 12.4. The summed E-state index contributed by atoms with van der Waals surface area (Å²) in [6.07, 6.45) is -5.04. The fraction of sp³-hybridized carbons (Fsp3) is 0.222. The largest absolute Gasteiger partial charge is 0.490 e. The van der Waals surface area contributed by atoms with Crippen LogP contribution in [0.3, 0.4) is 0 Å². The van der Waals surface area contributed by atoms with Crippen LogP contribution in [0.1, 0.15) is 6.92 Å². The molecule has 0 spiro atoms. The van der Waals surface area contributed by atoms with E-state index in [2.05, 4.69) is 5.32 Å². The SMILES string of the molecule is CCOc1ccccc1OCC(=O)Nc1ccccc1NC(=O)C(F)(F)F. The third-order valence-corrected chi connectivity index (χ3v) is 3.21. The molecule has 144 valence electrons. The van der Waals surface area contributed by atoms with E-state index < -0.39 is 24.6 Å². The van der Waals surface area contributed by atoms with Crippen molar-refractivity contribution >= 4 is 23.2 Å². The number of para-hydroxylation sites is 4. The number of alkyl halides is 3. The zero-order valence-electron chi connectivity index (χ0n) is 14.3. The Bertz CT molecular complexity index is 809. The minimum atomic E-state index is -5.04. The molecular formula is C18H17F3N2O4. The highest BCUT2D eigenvalue weighted by Gasteiger charge is 2.39. The Balaban J connectivity index is 2.01. The second-order valence-corrected chi connectivity index (χ2v) is 5.21. The lowest BCUT2D eigenvalue weighted by molar-refractivity contribution is -0.167. The predicted molar refractivity (Wildman–Crippen MR) is 92.9 cm³/mol. The van der Waals surface area contributed by atoms with Gasteiger partial charge < -0.3 is 20.1 Å². The first kappa shape index (κ1) is 20.1. The zero-order valence-corrected chi connectivity index (χ0v) is 14.3. The molecule has 9 heteroatoms. The highest BCUT2D eigenvalue weighted by atomic mass is 19.4. The minimum Gasteiger partial charge on any atom is -0.490 e. The van der Waals surface area contributed by atoms with E-state index in [0.29, 0.717) is 18.1 Å². The topological polar surface area (TPSA) is 76.7 Å². The molecule has 0 aliphatic rings. The summed E-state index contributed by atoms with van der Waals surface area (Å²) in [5, 5.41) is 4.12. The Morgan fingerprint density at radius 1 is 0.889 bits per heavy atom. The van der Waals surface area contributed by atoms with E-state index >= 15 is 0 Å². The molecule has 2 amide bonds. The van der Waals surface area contributed by atoms with Gasteiger partial charge in [0.2, 0.25) is 0 Å². The number of nitrogens with one attached hydrogen (secondary N) is 2. The summed E-state index contributed by atoms with van der Waals surface area (Å²) in [7, 11) is 0. The fourth-order valence-corrected chi connectivity index (χ4v) is 2.07. The van der Waals surface area contributed by atoms with Crippen molar-refractivity contribution in [1.29, 1.82) is 0 Å². The van der Waals surface area contributed by atoms with Gasteiger partial charge in [-0.15, -0.1) is 0 Å². The third kappa shape index (κ3) is 5.91. The molecule has 0 aliphatic heterocycles. The molecule has 27 heavy (non-hydrogen) atoms. The first-order valence-electron chi connectivity index (χ1n) is 7.93. The standard InChI is InChI=1S/C18H17F3N2O4/c1-2-26-14-9-5-6-10-15(14)27-11-16(24)22-12-7-3-4-8-13(12)23-17(25)18(19,20)21/h3-10H,2,11H2,1H3,(H,22,24)(H,23,25). The van der Waals surface area contributed by atoms with Crippen molar-refractivity contribution in [2.45, 2.75) is 13.1 Å². The van der Waals surface area contributed by atoms with Crippen molar-refractivity contribution in [3.8, 4) is 11.5 Å². The van der Waals surface area contributed by atoms with Gasteiger partial charge in [0.05, 0.1) is 18.0 Å². The molecule has 0 saturated carbocycles. The Morgan fingerprint density at radius 3 is 1.96 bits per heavy atom. The molecule has 0 atom stereocenters. The van der Waals surface area contributed by atoms with Crippen LogP contribution < -0.4 is 20.1 Å².